The maximum Gasteiger partial charge on any atom is 0.309 e. The number of hydrogen-bond acceptors (Lipinski definition) is 4. The Morgan fingerprint density at radius 3 is 2.70 bits per heavy atom. The van der Waals surface area contributed by atoms with E-state index in [-0.39, 0.29) is 17.7 Å². The summed E-state index contributed by atoms with van der Waals surface area (Å²) in [7, 11) is 0. The Kier molecular flexibility index (Phi) is 5.01. The Balaban J connectivity index is 2.00. The van der Waals surface area contributed by atoms with Crippen LogP contribution in [-0.2, 0) is 14.3 Å². The molecule has 0 radical (unpaired) electrons. The molecule has 2 atom stereocenters. The lowest BCUT2D eigenvalue weighted by Crippen LogP contribution is -2.37. The van der Waals surface area contributed by atoms with Gasteiger partial charge in [0.15, 0.2) is 11.9 Å². The summed E-state index contributed by atoms with van der Waals surface area (Å²) in [6.07, 6.45) is 0.680. The lowest BCUT2D eigenvalue weighted by molar-refractivity contribution is -0.151. The first-order valence-electron chi connectivity index (χ1n) is 6.71. The fraction of sp³-hybridized carbons (Fsp3) is 0.467. The molecule has 5 heteroatoms. The Morgan fingerprint density at radius 2 is 2.05 bits per heavy atom. The highest BCUT2D eigenvalue weighted by Gasteiger charge is 2.34. The molecule has 2 unspecified atom stereocenters. The van der Waals surface area contributed by atoms with Crippen LogP contribution in [0.5, 0.6) is 5.75 Å². The number of rotatable bonds is 4. The van der Waals surface area contributed by atoms with Crippen molar-refractivity contribution in [1.82, 2.24) is 0 Å². The van der Waals surface area contributed by atoms with E-state index in [4.69, 9.17) is 21.1 Å². The van der Waals surface area contributed by atoms with Gasteiger partial charge < -0.3 is 9.47 Å². The summed E-state index contributed by atoms with van der Waals surface area (Å²) in [5, 5.41) is 0.608. The zero-order chi connectivity index (χ0) is 14.5. The summed E-state index contributed by atoms with van der Waals surface area (Å²) >= 11 is 5.80. The van der Waals surface area contributed by atoms with Gasteiger partial charge in [0.2, 0.25) is 0 Å². The molecule has 108 valence electrons. The van der Waals surface area contributed by atoms with Crippen molar-refractivity contribution in [2.75, 3.05) is 6.61 Å². The van der Waals surface area contributed by atoms with Gasteiger partial charge in [0.1, 0.15) is 5.75 Å². The van der Waals surface area contributed by atoms with Crippen LogP contribution in [0.3, 0.4) is 0 Å². The van der Waals surface area contributed by atoms with E-state index < -0.39 is 6.10 Å². The Labute approximate surface area is 123 Å². The average molecular weight is 297 g/mol. The monoisotopic (exact) mass is 296 g/mol. The molecule has 2 rings (SSSR count). The van der Waals surface area contributed by atoms with Gasteiger partial charge in [-0.15, -0.1) is 0 Å². The average Bonchev–Trinajstić information content (AvgIpc) is 2.44. The summed E-state index contributed by atoms with van der Waals surface area (Å²) in [6.45, 7) is 2.12. The maximum atomic E-state index is 11.9. The van der Waals surface area contributed by atoms with Crippen LogP contribution in [0, 0.1) is 5.92 Å². The third-order valence-electron chi connectivity index (χ3n) is 3.31. The molecule has 1 fully saturated rings. The first-order valence-corrected chi connectivity index (χ1v) is 7.09. The molecule has 0 heterocycles. The molecule has 0 bridgehead atoms. The number of ether oxygens (including phenoxy) is 2. The van der Waals surface area contributed by atoms with E-state index in [2.05, 4.69) is 0 Å². The number of benzene rings is 1. The second kappa shape index (κ2) is 6.75. The van der Waals surface area contributed by atoms with Gasteiger partial charge in [-0.25, -0.2) is 0 Å². The molecule has 1 aliphatic carbocycles. The fourth-order valence-electron chi connectivity index (χ4n) is 2.25. The Morgan fingerprint density at radius 1 is 1.35 bits per heavy atom. The second-order valence-electron chi connectivity index (χ2n) is 4.75. The van der Waals surface area contributed by atoms with Gasteiger partial charge in [-0.3, -0.25) is 9.59 Å². The van der Waals surface area contributed by atoms with Crippen LogP contribution in [-0.4, -0.2) is 24.5 Å². The molecule has 0 N–H and O–H groups in total. The molecule has 0 spiro atoms. The smallest absolute Gasteiger partial charge is 0.309 e. The minimum Gasteiger partial charge on any atom is -0.483 e. The molecule has 0 amide bonds. The van der Waals surface area contributed by atoms with Crippen LogP contribution in [0.2, 0.25) is 5.02 Å². The van der Waals surface area contributed by atoms with Crippen LogP contribution in [0.15, 0.2) is 24.3 Å². The van der Waals surface area contributed by atoms with Crippen molar-refractivity contribution in [3.05, 3.63) is 29.3 Å². The molecule has 1 aromatic carbocycles. The lowest BCUT2D eigenvalue weighted by atomic mass is 9.86. The quantitative estimate of drug-likeness (QED) is 0.802. The normalized spacial score (nSPS) is 22.4. The number of Topliss-reactive ketones (excluding diaryl/α,β-unsaturated/α-hetero) is 1. The van der Waals surface area contributed by atoms with Crippen molar-refractivity contribution in [3.8, 4) is 5.75 Å². The molecule has 20 heavy (non-hydrogen) atoms. The van der Waals surface area contributed by atoms with Gasteiger partial charge in [-0.1, -0.05) is 11.6 Å². The van der Waals surface area contributed by atoms with E-state index in [0.29, 0.717) is 36.6 Å². The largest absolute Gasteiger partial charge is 0.483 e. The molecule has 1 aromatic rings. The van der Waals surface area contributed by atoms with Crippen molar-refractivity contribution in [1.29, 1.82) is 0 Å². The summed E-state index contributed by atoms with van der Waals surface area (Å²) in [5.41, 5.74) is 0. The third kappa shape index (κ3) is 3.73. The molecule has 4 nitrogen and oxygen atoms in total. The van der Waals surface area contributed by atoms with Gasteiger partial charge in [0.25, 0.3) is 0 Å². The summed E-state index contributed by atoms with van der Waals surface area (Å²) in [5.74, 6) is 0.104. The van der Waals surface area contributed by atoms with Crippen molar-refractivity contribution in [2.24, 2.45) is 5.92 Å². The van der Waals surface area contributed by atoms with E-state index in [9.17, 15) is 9.59 Å². The minimum absolute atomic E-state index is 0.0282. The fourth-order valence-corrected chi connectivity index (χ4v) is 2.38. The zero-order valence-corrected chi connectivity index (χ0v) is 12.1. The topological polar surface area (TPSA) is 52.6 Å². The predicted octanol–water partition coefficient (Wildman–Crippen LogP) is 3.02. The van der Waals surface area contributed by atoms with Crippen molar-refractivity contribution >= 4 is 23.4 Å². The minimum atomic E-state index is -0.584. The van der Waals surface area contributed by atoms with Crippen LogP contribution in [0.25, 0.3) is 0 Å². The van der Waals surface area contributed by atoms with Gasteiger partial charge in [-0.2, -0.15) is 0 Å². The van der Waals surface area contributed by atoms with Gasteiger partial charge >= 0.3 is 5.97 Å². The SMILES string of the molecule is CCOC(=O)C1CCC(=O)C(Oc2ccc(Cl)cc2)C1. The molecule has 0 aromatic heterocycles. The number of halogens is 1. The molecular weight excluding hydrogens is 280 g/mol. The molecule has 0 saturated heterocycles. The van der Waals surface area contributed by atoms with Crippen molar-refractivity contribution in [2.45, 2.75) is 32.3 Å². The molecule has 1 aliphatic rings. The highest BCUT2D eigenvalue weighted by Crippen LogP contribution is 2.27. The Bertz CT molecular complexity index is 483. The van der Waals surface area contributed by atoms with Crippen LogP contribution >= 0.6 is 11.6 Å². The number of carbonyl (C=O) groups is 2. The van der Waals surface area contributed by atoms with E-state index in [1.54, 1.807) is 31.2 Å². The van der Waals surface area contributed by atoms with Crippen LogP contribution in [0.1, 0.15) is 26.2 Å². The van der Waals surface area contributed by atoms with Crippen LogP contribution in [0.4, 0.5) is 0 Å². The van der Waals surface area contributed by atoms with E-state index in [0.717, 1.165) is 0 Å². The summed E-state index contributed by atoms with van der Waals surface area (Å²) in [6, 6.07) is 6.83. The third-order valence-corrected chi connectivity index (χ3v) is 3.56. The summed E-state index contributed by atoms with van der Waals surface area (Å²) in [4.78, 5) is 23.6. The standard InChI is InChI=1S/C15H17ClO4/c1-2-19-15(18)10-3-8-13(17)14(9-10)20-12-6-4-11(16)5-7-12/h4-7,10,14H,2-3,8-9H2,1H3. The predicted molar refractivity (Wildman–Crippen MR) is 74.8 cm³/mol. The highest BCUT2D eigenvalue weighted by molar-refractivity contribution is 6.30. The first-order chi connectivity index (χ1) is 9.60. The van der Waals surface area contributed by atoms with E-state index >= 15 is 0 Å². The van der Waals surface area contributed by atoms with Gasteiger partial charge in [-0.05, 0) is 37.6 Å². The highest BCUT2D eigenvalue weighted by atomic mass is 35.5. The number of carbonyl (C=O) groups excluding carboxylic acids is 2. The van der Waals surface area contributed by atoms with Crippen molar-refractivity contribution in [3.63, 3.8) is 0 Å². The Hall–Kier alpha value is -1.55. The van der Waals surface area contributed by atoms with Crippen molar-refractivity contribution < 1.29 is 19.1 Å². The second-order valence-corrected chi connectivity index (χ2v) is 5.19. The lowest BCUT2D eigenvalue weighted by Gasteiger charge is -2.27. The first kappa shape index (κ1) is 14.9. The van der Waals surface area contributed by atoms with E-state index in [1.165, 1.54) is 0 Å². The van der Waals surface area contributed by atoms with Crippen LogP contribution < -0.4 is 4.74 Å². The number of esters is 1. The van der Waals surface area contributed by atoms with Gasteiger partial charge in [0.05, 0.1) is 12.5 Å². The van der Waals surface area contributed by atoms with Gasteiger partial charge in [0, 0.05) is 17.9 Å². The van der Waals surface area contributed by atoms with E-state index in [1.807, 2.05) is 0 Å². The molecular formula is C15H17ClO4. The zero-order valence-electron chi connectivity index (χ0n) is 11.3. The summed E-state index contributed by atoms with van der Waals surface area (Å²) < 4.78 is 10.7. The molecule has 0 aliphatic heterocycles. The number of ketones is 1. The molecule has 1 saturated carbocycles. The maximum absolute atomic E-state index is 11.9. The number of hydrogen-bond donors (Lipinski definition) is 0.